The van der Waals surface area contributed by atoms with E-state index in [1.54, 1.807) is 42.6 Å². The first-order valence-corrected chi connectivity index (χ1v) is 22.4. The number of hydrogen-bond donors (Lipinski definition) is 1. The van der Waals surface area contributed by atoms with E-state index < -0.39 is 213 Å². The number of ketones is 2. The number of carboxylic acid groups (broad SMARTS) is 1. The lowest BCUT2D eigenvalue weighted by Gasteiger charge is -2.46. The molecule has 1 heterocycles. The van der Waals surface area contributed by atoms with E-state index in [0.29, 0.717) is 10.9 Å². The van der Waals surface area contributed by atoms with Crippen LogP contribution in [0.2, 0.25) is 0 Å². The molecular formula is C52H28BF24NO4. The minimum Gasteiger partial charge on any atom is -0.481 e. The maximum atomic E-state index is 14.2. The number of alkyl halides is 24. The molecular weight excluding hydrogens is 1170 g/mol. The predicted molar refractivity (Wildman–Crippen MR) is 242 cm³/mol. The first-order valence-electron chi connectivity index (χ1n) is 22.4. The van der Waals surface area contributed by atoms with Gasteiger partial charge in [0.15, 0.2) is 6.20 Å². The molecule has 5 nitrogen and oxygen atoms in total. The van der Waals surface area contributed by atoms with Crippen LogP contribution in [0.3, 0.4) is 0 Å². The molecule has 0 saturated carbocycles. The summed E-state index contributed by atoms with van der Waals surface area (Å²) in [5.74, 6) is -1.87. The minimum absolute atomic E-state index is 0.0322. The number of carbonyl (C=O) groups is 3. The van der Waals surface area contributed by atoms with E-state index in [1.807, 2.05) is 24.3 Å². The number of nitrogens with zero attached hydrogens (tertiary/aromatic N) is 1. The second kappa shape index (κ2) is 22.0. The molecule has 0 amide bonds. The maximum absolute atomic E-state index is 14.2. The van der Waals surface area contributed by atoms with Crippen molar-refractivity contribution in [3.63, 3.8) is 0 Å². The standard InChI is InChI=1S/C32H12BF24.C20H15NO4/c34-25(35,36)13-1-14(26(37,38)39)6-21(5-13)33(22-7-15(27(40,41)42)2-16(8-22)28(43,44)45,23-9-17(29(46,47)48)3-18(10-23)30(49,50)51)24-11-19(31(52,53)54)4-20(12-24)32(55,56)57;22-17(12-19(24)25)20-16-9-5-4-6-14(16)10-11-21(20)13-18(23)15-7-2-1-3-8-15/h1-12H;1-11H,12-13H2/q-1;/p+1. The molecule has 0 saturated heterocycles. The van der Waals surface area contributed by atoms with Crippen molar-refractivity contribution >= 4 is 56.3 Å². The van der Waals surface area contributed by atoms with Gasteiger partial charge in [0.25, 0.3) is 5.69 Å². The van der Waals surface area contributed by atoms with Gasteiger partial charge in [-0.25, -0.2) is 0 Å². The Bertz CT molecular complexity index is 3120. The largest absolute Gasteiger partial charge is 0.481 e. The van der Waals surface area contributed by atoms with Crippen LogP contribution < -0.4 is 26.4 Å². The van der Waals surface area contributed by atoms with Gasteiger partial charge in [-0.15, -0.1) is 0 Å². The van der Waals surface area contributed by atoms with E-state index >= 15 is 0 Å². The number of pyridine rings is 1. The SMILES string of the molecule is FC(F)(F)c1cc([B-](c2cc(C(F)(F)F)cc(C(F)(F)F)c2)(c2cc(C(F)(F)F)cc(C(F)(F)F)c2)c2cc(C(F)(F)F)cc(C(F)(F)F)c2)cc(C(F)(F)F)c1.O=C(O)CC(=O)c1c2ccccc2cc[n+]1CC(=O)c1ccccc1. The van der Waals surface area contributed by atoms with Gasteiger partial charge in [0.05, 0.1) is 49.9 Å². The Morgan fingerprint density at radius 2 is 0.646 bits per heavy atom. The van der Waals surface area contributed by atoms with Gasteiger partial charge in [-0.3, -0.25) is 14.4 Å². The predicted octanol–water partition coefficient (Wildman–Crippen LogP) is 13.9. The number of aliphatic carboxylic acids is 1. The quantitative estimate of drug-likeness (QED) is 0.0487. The molecule has 1 N–H and O–H groups in total. The number of hydrogen-bond acceptors (Lipinski definition) is 3. The monoisotopic (exact) mass is 1200 g/mol. The molecule has 7 aromatic rings. The number of fused-ring (bicyclic) bond motifs is 1. The Balaban J connectivity index is 0.000000357. The molecule has 0 bridgehead atoms. The van der Waals surface area contributed by atoms with Crippen LogP contribution in [0.4, 0.5) is 105 Å². The minimum atomic E-state index is -6.13. The molecule has 6 aromatic carbocycles. The number of benzene rings is 6. The number of halogens is 24. The van der Waals surface area contributed by atoms with Crippen LogP contribution in [0, 0.1) is 0 Å². The second-order valence-electron chi connectivity index (χ2n) is 17.9. The van der Waals surface area contributed by atoms with Crippen molar-refractivity contribution in [2.24, 2.45) is 0 Å². The average molecular weight is 1200 g/mol. The Labute approximate surface area is 442 Å². The smallest absolute Gasteiger partial charge is 0.416 e. The summed E-state index contributed by atoms with van der Waals surface area (Å²) in [5, 5.41) is 10.4. The summed E-state index contributed by atoms with van der Waals surface area (Å²) in [6, 6.07) is 9.01. The molecule has 0 aliphatic rings. The van der Waals surface area contributed by atoms with Gasteiger partial charge in [0.2, 0.25) is 18.1 Å². The average Bonchev–Trinajstić information content (AvgIpc) is 1.70. The molecule has 1 aromatic heterocycles. The lowest BCUT2D eigenvalue weighted by molar-refractivity contribution is -0.683. The molecule has 0 fully saturated rings. The number of rotatable bonds is 10. The highest BCUT2D eigenvalue weighted by molar-refractivity contribution is 7.20. The summed E-state index contributed by atoms with van der Waals surface area (Å²) in [6.07, 6.45) is -53.8. The molecule has 436 valence electrons. The van der Waals surface area contributed by atoms with Gasteiger partial charge in [-0.1, -0.05) is 97.1 Å². The molecule has 0 radical (unpaired) electrons. The molecule has 82 heavy (non-hydrogen) atoms. The summed E-state index contributed by atoms with van der Waals surface area (Å²) in [6.45, 7) is -0.0322. The van der Waals surface area contributed by atoms with Crippen molar-refractivity contribution in [3.05, 3.63) is 195 Å². The molecule has 30 heteroatoms. The molecule has 0 spiro atoms. The van der Waals surface area contributed by atoms with Crippen molar-refractivity contribution in [2.75, 3.05) is 0 Å². The number of Topliss-reactive ketones (excluding diaryl/α,β-unsaturated/α-hetero) is 2. The fourth-order valence-corrected chi connectivity index (χ4v) is 8.86. The van der Waals surface area contributed by atoms with E-state index in [-0.39, 0.29) is 18.0 Å². The summed E-state index contributed by atoms with van der Waals surface area (Å²) < 4.78 is 342. The Hall–Kier alpha value is -8.08. The van der Waals surface area contributed by atoms with Crippen LogP contribution in [-0.4, -0.2) is 28.8 Å². The zero-order valence-electron chi connectivity index (χ0n) is 40.0. The van der Waals surface area contributed by atoms with Crippen molar-refractivity contribution < 1.29 is 129 Å². The first-order chi connectivity index (χ1) is 37.3. The van der Waals surface area contributed by atoms with E-state index in [0.717, 1.165) is 5.39 Å². The normalized spacial score (nSPS) is 13.2. The van der Waals surface area contributed by atoms with Crippen LogP contribution in [0.1, 0.15) is 71.8 Å². The third-order valence-electron chi connectivity index (χ3n) is 12.4. The lowest BCUT2D eigenvalue weighted by atomic mass is 9.12. The van der Waals surface area contributed by atoms with Crippen LogP contribution in [0.25, 0.3) is 10.8 Å². The van der Waals surface area contributed by atoms with Crippen LogP contribution in [0.15, 0.2) is 140 Å². The molecule has 7 rings (SSSR count). The Morgan fingerprint density at radius 3 is 0.927 bits per heavy atom. The van der Waals surface area contributed by atoms with Crippen molar-refractivity contribution in [1.29, 1.82) is 0 Å². The van der Waals surface area contributed by atoms with E-state index in [9.17, 15) is 120 Å². The highest BCUT2D eigenvalue weighted by atomic mass is 19.4. The molecule has 0 atom stereocenters. The highest BCUT2D eigenvalue weighted by Gasteiger charge is 2.47. The molecule has 0 aliphatic heterocycles. The summed E-state index contributed by atoms with van der Waals surface area (Å²) in [7, 11) is 0. The zero-order valence-corrected chi connectivity index (χ0v) is 40.0. The van der Waals surface area contributed by atoms with Gasteiger partial charge in [0.1, 0.15) is 12.6 Å². The van der Waals surface area contributed by atoms with E-state index in [4.69, 9.17) is 5.11 Å². The topological polar surface area (TPSA) is 75.3 Å². The van der Waals surface area contributed by atoms with Crippen molar-refractivity contribution in [1.82, 2.24) is 0 Å². The summed E-state index contributed by atoms with van der Waals surface area (Å²) in [4.78, 5) is 36.0. The fraction of sp³-hybridized carbons (Fsp3) is 0.192. The number of carboxylic acids is 1. The second-order valence-corrected chi connectivity index (χ2v) is 17.9. The zero-order chi connectivity index (χ0) is 61.7. The Morgan fingerprint density at radius 1 is 0.366 bits per heavy atom. The van der Waals surface area contributed by atoms with Gasteiger partial charge < -0.3 is 5.11 Å². The number of aromatic nitrogens is 1. The highest BCUT2D eigenvalue weighted by Crippen LogP contribution is 2.41. The van der Waals surface area contributed by atoms with Crippen LogP contribution in [0.5, 0.6) is 0 Å². The van der Waals surface area contributed by atoms with Gasteiger partial charge >= 0.3 is 55.4 Å². The molecule has 0 aliphatic carbocycles. The number of carbonyl (C=O) groups excluding carboxylic acids is 2. The van der Waals surface area contributed by atoms with Crippen molar-refractivity contribution in [2.45, 2.75) is 62.4 Å². The third kappa shape index (κ3) is 14.1. The van der Waals surface area contributed by atoms with Gasteiger partial charge in [-0.05, 0) is 35.7 Å². The fourth-order valence-electron chi connectivity index (χ4n) is 8.86. The summed E-state index contributed by atoms with van der Waals surface area (Å²) in [5.41, 5.74) is -29.4. The Kier molecular flexibility index (Phi) is 16.9. The third-order valence-corrected chi connectivity index (χ3v) is 12.4. The maximum Gasteiger partial charge on any atom is 0.416 e. The first kappa shape index (κ1) is 63.1. The molecule has 0 unspecified atom stereocenters. The van der Waals surface area contributed by atoms with E-state index in [2.05, 4.69) is 0 Å². The van der Waals surface area contributed by atoms with Crippen LogP contribution >= 0.6 is 0 Å². The van der Waals surface area contributed by atoms with E-state index in [1.165, 1.54) is 4.57 Å². The summed E-state index contributed by atoms with van der Waals surface area (Å²) >= 11 is 0. The van der Waals surface area contributed by atoms with Crippen LogP contribution in [-0.2, 0) is 60.7 Å². The van der Waals surface area contributed by atoms with Crippen molar-refractivity contribution in [3.8, 4) is 0 Å². The lowest BCUT2D eigenvalue weighted by Crippen LogP contribution is -2.75. The van der Waals surface area contributed by atoms with Gasteiger partial charge in [0, 0.05) is 11.6 Å². The van der Waals surface area contributed by atoms with Gasteiger partial charge in [-0.2, -0.15) is 132 Å².